The van der Waals surface area contributed by atoms with Gasteiger partial charge in [0.1, 0.15) is 6.10 Å². The quantitative estimate of drug-likeness (QED) is 0.0530. The van der Waals surface area contributed by atoms with Crippen molar-refractivity contribution in [3.63, 3.8) is 0 Å². The summed E-state index contributed by atoms with van der Waals surface area (Å²) in [6.45, 7) is 5.29. The number of ether oxygens (including phenoxy) is 2. The molecule has 0 fully saturated rings. The first-order valence-electron chi connectivity index (χ1n) is 16.9. The van der Waals surface area contributed by atoms with E-state index in [2.05, 4.69) is 38.2 Å². The smallest absolute Gasteiger partial charge is 0.306 e. The Morgan fingerprint density at radius 2 is 1.00 bits per heavy atom. The monoisotopic (exact) mass is 550 g/mol. The van der Waals surface area contributed by atoms with Crippen LogP contribution in [-0.2, 0) is 14.3 Å². The molecule has 0 bridgehead atoms. The summed E-state index contributed by atoms with van der Waals surface area (Å²) in [6, 6.07) is 0. The molecule has 0 aliphatic heterocycles. The normalized spacial score (nSPS) is 12.6. The average Bonchev–Trinajstić information content (AvgIpc) is 2.94. The van der Waals surface area contributed by atoms with Gasteiger partial charge in [0.05, 0.1) is 13.2 Å². The minimum absolute atomic E-state index is 0.176. The fraction of sp³-hybridized carbons (Fsp3) is 0.857. The summed E-state index contributed by atoms with van der Waals surface area (Å²) in [5, 5.41) is 9.52. The standard InChI is InChI=1S/C35H66O4/c1-3-5-7-9-11-13-15-17-18-20-22-24-26-28-30-35(37)39-34(32-36)33-38-31-29-27-25-23-21-19-16-14-12-10-8-6-4-2/h12,14-15,17,34,36H,3-11,13,16,18-33H2,1-2H3/b14-12-,17-15-. The predicted octanol–water partition coefficient (Wildman–Crippen LogP) is 10.4. The Bertz CT molecular complexity index is 543. The van der Waals surface area contributed by atoms with E-state index in [9.17, 15) is 9.90 Å². The van der Waals surface area contributed by atoms with E-state index in [0.29, 0.717) is 19.6 Å². The molecule has 230 valence electrons. The highest BCUT2D eigenvalue weighted by molar-refractivity contribution is 5.69. The molecular formula is C35H66O4. The van der Waals surface area contributed by atoms with Gasteiger partial charge in [-0.15, -0.1) is 0 Å². The van der Waals surface area contributed by atoms with Crippen LogP contribution in [0.25, 0.3) is 0 Å². The molecule has 1 N–H and O–H groups in total. The number of carbonyl (C=O) groups excluding carboxylic acids is 1. The average molecular weight is 551 g/mol. The van der Waals surface area contributed by atoms with E-state index in [0.717, 1.165) is 19.3 Å². The van der Waals surface area contributed by atoms with E-state index in [1.54, 1.807) is 0 Å². The molecular weight excluding hydrogens is 484 g/mol. The molecule has 4 nitrogen and oxygen atoms in total. The highest BCUT2D eigenvalue weighted by atomic mass is 16.6. The lowest BCUT2D eigenvalue weighted by Gasteiger charge is -2.15. The highest BCUT2D eigenvalue weighted by Gasteiger charge is 2.13. The Hall–Kier alpha value is -1.13. The first-order valence-corrected chi connectivity index (χ1v) is 16.9. The van der Waals surface area contributed by atoms with Crippen LogP contribution in [-0.4, -0.2) is 37.0 Å². The molecule has 0 saturated heterocycles. The van der Waals surface area contributed by atoms with Crippen molar-refractivity contribution in [3.8, 4) is 0 Å². The summed E-state index contributed by atoms with van der Waals surface area (Å²) < 4.78 is 11.1. The molecule has 0 saturated carbocycles. The molecule has 0 aromatic rings. The van der Waals surface area contributed by atoms with Crippen molar-refractivity contribution in [1.29, 1.82) is 0 Å². The van der Waals surface area contributed by atoms with E-state index in [1.165, 1.54) is 128 Å². The Balaban J connectivity index is 3.47. The third kappa shape index (κ3) is 31.3. The van der Waals surface area contributed by atoms with Gasteiger partial charge in [-0.05, 0) is 64.2 Å². The predicted molar refractivity (Wildman–Crippen MR) is 168 cm³/mol. The second kappa shape index (κ2) is 33.1. The minimum Gasteiger partial charge on any atom is -0.457 e. The molecule has 0 aliphatic carbocycles. The molecule has 1 atom stereocenters. The molecule has 39 heavy (non-hydrogen) atoms. The molecule has 4 heteroatoms. The summed E-state index contributed by atoms with van der Waals surface area (Å²) in [6.07, 6.45) is 37.7. The molecule has 0 radical (unpaired) electrons. The van der Waals surface area contributed by atoms with Crippen LogP contribution in [0.4, 0.5) is 0 Å². The molecule has 0 heterocycles. The van der Waals surface area contributed by atoms with Crippen LogP contribution < -0.4 is 0 Å². The molecule has 0 rings (SSSR count). The maximum Gasteiger partial charge on any atom is 0.306 e. The zero-order valence-electron chi connectivity index (χ0n) is 26.2. The lowest BCUT2D eigenvalue weighted by atomic mass is 10.1. The number of aliphatic hydroxyl groups is 1. The minimum atomic E-state index is -0.536. The topological polar surface area (TPSA) is 55.8 Å². The van der Waals surface area contributed by atoms with E-state index in [4.69, 9.17) is 9.47 Å². The van der Waals surface area contributed by atoms with Gasteiger partial charge in [-0.1, -0.05) is 122 Å². The second-order valence-corrected chi connectivity index (χ2v) is 11.2. The van der Waals surface area contributed by atoms with Crippen LogP contribution in [0.2, 0.25) is 0 Å². The van der Waals surface area contributed by atoms with Crippen LogP contribution in [0.1, 0.15) is 168 Å². The number of hydrogen-bond acceptors (Lipinski definition) is 4. The van der Waals surface area contributed by atoms with Gasteiger partial charge in [0, 0.05) is 13.0 Å². The number of allylic oxidation sites excluding steroid dienone is 4. The van der Waals surface area contributed by atoms with Gasteiger partial charge in [0.15, 0.2) is 0 Å². The maximum atomic E-state index is 12.1. The van der Waals surface area contributed by atoms with Crippen molar-refractivity contribution in [2.45, 2.75) is 174 Å². The number of hydrogen-bond donors (Lipinski definition) is 1. The maximum absolute atomic E-state index is 12.1. The largest absolute Gasteiger partial charge is 0.457 e. The van der Waals surface area contributed by atoms with Crippen molar-refractivity contribution in [2.24, 2.45) is 0 Å². The van der Waals surface area contributed by atoms with Crippen LogP contribution >= 0.6 is 0 Å². The van der Waals surface area contributed by atoms with Crippen molar-refractivity contribution in [2.75, 3.05) is 19.8 Å². The Morgan fingerprint density at radius 3 is 1.51 bits per heavy atom. The molecule has 0 spiro atoms. The van der Waals surface area contributed by atoms with Gasteiger partial charge in [-0.3, -0.25) is 4.79 Å². The molecule has 1 unspecified atom stereocenters. The Morgan fingerprint density at radius 1 is 0.590 bits per heavy atom. The van der Waals surface area contributed by atoms with Gasteiger partial charge in [0.25, 0.3) is 0 Å². The summed E-state index contributed by atoms with van der Waals surface area (Å²) in [7, 11) is 0. The van der Waals surface area contributed by atoms with Gasteiger partial charge >= 0.3 is 5.97 Å². The summed E-state index contributed by atoms with van der Waals surface area (Å²) >= 11 is 0. The van der Waals surface area contributed by atoms with E-state index >= 15 is 0 Å². The van der Waals surface area contributed by atoms with Crippen molar-refractivity contribution in [3.05, 3.63) is 24.3 Å². The number of esters is 1. The SMILES string of the molecule is CCCCC/C=C\CCCCCCCCOCC(CO)OC(=O)CCCCCCC/C=C\CCCCCCC. The van der Waals surface area contributed by atoms with E-state index in [-0.39, 0.29) is 12.6 Å². The van der Waals surface area contributed by atoms with Gasteiger partial charge in [-0.25, -0.2) is 0 Å². The van der Waals surface area contributed by atoms with E-state index in [1.807, 2.05) is 0 Å². The van der Waals surface area contributed by atoms with Crippen molar-refractivity contribution in [1.82, 2.24) is 0 Å². The van der Waals surface area contributed by atoms with Gasteiger partial charge in [-0.2, -0.15) is 0 Å². The van der Waals surface area contributed by atoms with Crippen LogP contribution in [0.3, 0.4) is 0 Å². The summed E-state index contributed by atoms with van der Waals surface area (Å²) in [5.41, 5.74) is 0. The first-order chi connectivity index (χ1) is 19.2. The van der Waals surface area contributed by atoms with Crippen molar-refractivity contribution < 1.29 is 19.4 Å². The first kappa shape index (κ1) is 37.9. The number of rotatable bonds is 31. The second-order valence-electron chi connectivity index (χ2n) is 11.2. The number of carbonyl (C=O) groups is 1. The van der Waals surface area contributed by atoms with Gasteiger partial charge < -0.3 is 14.6 Å². The summed E-state index contributed by atoms with van der Waals surface area (Å²) in [4.78, 5) is 12.1. The van der Waals surface area contributed by atoms with Crippen LogP contribution in [0.15, 0.2) is 24.3 Å². The lowest BCUT2D eigenvalue weighted by molar-refractivity contribution is -0.154. The fourth-order valence-corrected chi connectivity index (χ4v) is 4.67. The van der Waals surface area contributed by atoms with E-state index < -0.39 is 6.10 Å². The molecule has 0 aliphatic rings. The third-order valence-electron chi connectivity index (χ3n) is 7.25. The Kier molecular flexibility index (Phi) is 32.1. The summed E-state index contributed by atoms with van der Waals surface area (Å²) in [5.74, 6) is -0.213. The number of unbranched alkanes of at least 4 members (excludes halogenated alkanes) is 19. The molecule has 0 amide bonds. The van der Waals surface area contributed by atoms with Crippen molar-refractivity contribution >= 4 is 5.97 Å². The Labute approximate surface area is 243 Å². The molecule has 0 aromatic carbocycles. The molecule has 0 aromatic heterocycles. The lowest BCUT2D eigenvalue weighted by Crippen LogP contribution is -2.27. The van der Waals surface area contributed by atoms with Crippen LogP contribution in [0.5, 0.6) is 0 Å². The third-order valence-corrected chi connectivity index (χ3v) is 7.25. The number of aliphatic hydroxyl groups excluding tert-OH is 1. The highest BCUT2D eigenvalue weighted by Crippen LogP contribution is 2.11. The van der Waals surface area contributed by atoms with Crippen LogP contribution in [0, 0.1) is 0 Å². The zero-order chi connectivity index (χ0) is 28.5. The fourth-order valence-electron chi connectivity index (χ4n) is 4.67. The van der Waals surface area contributed by atoms with Gasteiger partial charge in [0.2, 0.25) is 0 Å². The zero-order valence-corrected chi connectivity index (χ0v) is 26.2.